The maximum Gasteiger partial charge on any atom is 0.263 e. The van der Waals surface area contributed by atoms with E-state index < -0.39 is 10.0 Å². The van der Waals surface area contributed by atoms with Crippen molar-refractivity contribution in [3.05, 3.63) is 71.4 Å². The van der Waals surface area contributed by atoms with Gasteiger partial charge >= 0.3 is 0 Å². The summed E-state index contributed by atoms with van der Waals surface area (Å²) in [7, 11) is 1.33. The second-order valence-electron chi connectivity index (χ2n) is 8.81. The molecule has 0 aliphatic rings. The van der Waals surface area contributed by atoms with Crippen molar-refractivity contribution >= 4 is 10.0 Å². The zero-order chi connectivity index (χ0) is 25.6. The Kier molecular flexibility index (Phi) is 8.93. The molecule has 190 valence electrons. The van der Waals surface area contributed by atoms with Gasteiger partial charge in [0.05, 0.1) is 19.9 Å². The quantitative estimate of drug-likeness (QED) is 0.369. The summed E-state index contributed by atoms with van der Waals surface area (Å²) in [6.07, 6.45) is 0. The Labute approximate surface area is 209 Å². The fraction of sp³-hybridized carbons (Fsp3) is 0.423. The van der Waals surface area contributed by atoms with Crippen LogP contribution in [-0.2, 0) is 29.7 Å². The summed E-state index contributed by atoms with van der Waals surface area (Å²) in [5.41, 5.74) is 2.59. The van der Waals surface area contributed by atoms with E-state index in [4.69, 9.17) is 9.47 Å². The minimum Gasteiger partial charge on any atom is -0.497 e. The third-order valence-electron chi connectivity index (χ3n) is 5.89. The van der Waals surface area contributed by atoms with Crippen LogP contribution in [0, 0.1) is 0 Å². The van der Waals surface area contributed by atoms with Gasteiger partial charge in [-0.15, -0.1) is 0 Å². The van der Waals surface area contributed by atoms with Gasteiger partial charge in [0.25, 0.3) is 10.0 Å². The van der Waals surface area contributed by atoms with Crippen LogP contribution in [0.1, 0.15) is 43.6 Å². The van der Waals surface area contributed by atoms with E-state index in [-0.39, 0.29) is 24.2 Å². The summed E-state index contributed by atoms with van der Waals surface area (Å²) >= 11 is 0. The zero-order valence-corrected chi connectivity index (χ0v) is 22.2. The fourth-order valence-corrected chi connectivity index (χ4v) is 5.09. The number of rotatable bonds is 12. The summed E-state index contributed by atoms with van der Waals surface area (Å²) in [5.74, 6) is 1.44. The van der Waals surface area contributed by atoms with Gasteiger partial charge in [0.15, 0.2) is 5.03 Å². The zero-order valence-electron chi connectivity index (χ0n) is 21.4. The van der Waals surface area contributed by atoms with Gasteiger partial charge in [-0.3, -0.25) is 4.68 Å². The van der Waals surface area contributed by atoms with E-state index in [1.807, 2.05) is 69.4 Å². The summed E-state index contributed by atoms with van der Waals surface area (Å²) in [6, 6.07) is 16.6. The van der Waals surface area contributed by atoms with Gasteiger partial charge in [-0.2, -0.15) is 9.40 Å². The number of hydrogen-bond acceptors (Lipinski definition) is 6. The number of methoxy groups -OCH3 is 2. The maximum absolute atomic E-state index is 13.9. The molecule has 0 aliphatic heterocycles. The first-order chi connectivity index (χ1) is 16.7. The molecule has 0 fully saturated rings. The standard InChI is InChI=1S/C26H36N4O4S/c1-7-28(4)19-23-16-26(27-30(23)20(2)3)35(31,32)29(17-21-8-12-24(33-5)13-9-21)18-22-10-14-25(34-6)15-11-22/h8-16,20H,7,17-19H2,1-6H3. The largest absolute Gasteiger partial charge is 0.497 e. The van der Waals surface area contributed by atoms with Gasteiger partial charge in [-0.1, -0.05) is 31.2 Å². The van der Waals surface area contributed by atoms with Crippen molar-refractivity contribution in [2.24, 2.45) is 0 Å². The van der Waals surface area contributed by atoms with Crippen LogP contribution in [0.5, 0.6) is 11.5 Å². The van der Waals surface area contributed by atoms with Gasteiger partial charge in [0, 0.05) is 31.7 Å². The SMILES string of the molecule is CCN(C)Cc1cc(S(=O)(=O)N(Cc2ccc(OC)cc2)Cc2ccc(OC)cc2)nn1C(C)C. The average Bonchev–Trinajstić information content (AvgIpc) is 3.29. The molecule has 1 aromatic heterocycles. The molecular formula is C26H36N4O4S. The predicted octanol–water partition coefficient (Wildman–Crippen LogP) is 4.32. The van der Waals surface area contributed by atoms with E-state index >= 15 is 0 Å². The molecule has 9 heteroatoms. The Morgan fingerprint density at radius 3 is 1.77 bits per heavy atom. The van der Waals surface area contributed by atoms with Gasteiger partial charge in [-0.25, -0.2) is 8.42 Å². The van der Waals surface area contributed by atoms with E-state index in [1.54, 1.807) is 25.0 Å². The normalized spacial score (nSPS) is 12.0. The van der Waals surface area contributed by atoms with Crippen LogP contribution in [-0.4, -0.2) is 55.2 Å². The topological polar surface area (TPSA) is 76.9 Å². The Morgan fingerprint density at radius 2 is 1.37 bits per heavy atom. The van der Waals surface area contributed by atoms with Crippen LogP contribution < -0.4 is 9.47 Å². The van der Waals surface area contributed by atoms with E-state index in [9.17, 15) is 8.42 Å². The highest BCUT2D eigenvalue weighted by Crippen LogP contribution is 2.25. The van der Waals surface area contributed by atoms with E-state index in [2.05, 4.69) is 16.9 Å². The number of hydrogen-bond donors (Lipinski definition) is 0. The number of ether oxygens (including phenoxy) is 2. The third kappa shape index (κ3) is 6.62. The molecule has 3 aromatic rings. The molecule has 35 heavy (non-hydrogen) atoms. The molecule has 0 saturated heterocycles. The first-order valence-corrected chi connectivity index (χ1v) is 13.1. The van der Waals surface area contributed by atoms with Crippen molar-refractivity contribution in [3.8, 4) is 11.5 Å². The molecule has 8 nitrogen and oxygen atoms in total. The monoisotopic (exact) mass is 500 g/mol. The van der Waals surface area contributed by atoms with Crippen molar-refractivity contribution < 1.29 is 17.9 Å². The lowest BCUT2D eigenvalue weighted by Crippen LogP contribution is -2.30. The Bertz CT molecular complexity index is 1140. The Balaban J connectivity index is 1.99. The van der Waals surface area contributed by atoms with Crippen LogP contribution in [0.25, 0.3) is 0 Å². The van der Waals surface area contributed by atoms with Crippen molar-refractivity contribution in [1.29, 1.82) is 0 Å². The second-order valence-corrected chi connectivity index (χ2v) is 10.7. The van der Waals surface area contributed by atoms with Gasteiger partial charge in [0.2, 0.25) is 0 Å². The highest BCUT2D eigenvalue weighted by atomic mass is 32.2. The van der Waals surface area contributed by atoms with Crippen LogP contribution in [0.4, 0.5) is 0 Å². The molecule has 3 rings (SSSR count). The van der Waals surface area contributed by atoms with E-state index in [0.717, 1.165) is 34.9 Å². The molecule has 0 atom stereocenters. The smallest absolute Gasteiger partial charge is 0.263 e. The molecule has 0 spiro atoms. The average molecular weight is 501 g/mol. The van der Waals surface area contributed by atoms with Crippen LogP contribution >= 0.6 is 0 Å². The first-order valence-electron chi connectivity index (χ1n) is 11.7. The molecule has 0 saturated carbocycles. The number of sulfonamides is 1. The van der Waals surface area contributed by atoms with Crippen molar-refractivity contribution in [3.63, 3.8) is 0 Å². The van der Waals surface area contributed by atoms with E-state index in [1.165, 1.54) is 4.31 Å². The molecule has 2 aromatic carbocycles. The van der Waals surface area contributed by atoms with Gasteiger partial charge in [0.1, 0.15) is 11.5 Å². The number of aromatic nitrogens is 2. The van der Waals surface area contributed by atoms with Crippen LogP contribution in [0.2, 0.25) is 0 Å². The van der Waals surface area contributed by atoms with E-state index in [0.29, 0.717) is 6.54 Å². The van der Waals surface area contributed by atoms with Crippen molar-refractivity contribution in [1.82, 2.24) is 19.0 Å². The Hall–Kier alpha value is -2.88. The third-order valence-corrected chi connectivity index (χ3v) is 7.56. The first kappa shape index (κ1) is 26.7. The lowest BCUT2D eigenvalue weighted by Gasteiger charge is -2.22. The highest BCUT2D eigenvalue weighted by Gasteiger charge is 2.29. The summed E-state index contributed by atoms with van der Waals surface area (Å²) in [5, 5.41) is 4.61. The molecule has 0 aliphatic carbocycles. The maximum atomic E-state index is 13.9. The number of benzene rings is 2. The van der Waals surface area contributed by atoms with Crippen molar-refractivity contribution in [2.45, 2.75) is 51.5 Å². The molecule has 0 radical (unpaired) electrons. The van der Waals surface area contributed by atoms with Gasteiger partial charge in [-0.05, 0) is 62.8 Å². The number of nitrogens with zero attached hydrogens (tertiary/aromatic N) is 4. The Morgan fingerprint density at radius 1 is 0.886 bits per heavy atom. The lowest BCUT2D eigenvalue weighted by atomic mass is 10.2. The highest BCUT2D eigenvalue weighted by molar-refractivity contribution is 7.89. The molecule has 0 unspecified atom stereocenters. The molecule has 0 N–H and O–H groups in total. The summed E-state index contributed by atoms with van der Waals surface area (Å²) in [4.78, 5) is 2.12. The lowest BCUT2D eigenvalue weighted by molar-refractivity contribution is 0.326. The minimum absolute atomic E-state index is 0.0378. The van der Waals surface area contributed by atoms with Gasteiger partial charge < -0.3 is 14.4 Å². The molecular weight excluding hydrogens is 464 g/mol. The molecule has 0 amide bonds. The summed E-state index contributed by atoms with van der Waals surface area (Å²) < 4.78 is 41.6. The van der Waals surface area contributed by atoms with Crippen molar-refractivity contribution in [2.75, 3.05) is 27.8 Å². The fourth-order valence-electron chi connectivity index (χ4n) is 3.71. The summed E-state index contributed by atoms with van der Waals surface area (Å²) in [6.45, 7) is 7.96. The second kappa shape index (κ2) is 11.7. The van der Waals surface area contributed by atoms with Crippen LogP contribution in [0.3, 0.4) is 0 Å². The molecule has 1 heterocycles. The predicted molar refractivity (Wildman–Crippen MR) is 137 cm³/mol. The molecule has 0 bridgehead atoms. The van der Waals surface area contributed by atoms with Crippen LogP contribution in [0.15, 0.2) is 59.6 Å². The minimum atomic E-state index is -3.89.